The van der Waals surface area contributed by atoms with Crippen LogP contribution in [-0.2, 0) is 9.47 Å². The zero-order valence-corrected chi connectivity index (χ0v) is 23.8. The second-order valence-electron chi connectivity index (χ2n) is 11.3. The van der Waals surface area contributed by atoms with Gasteiger partial charge in [-0.2, -0.15) is 0 Å². The zero-order valence-electron chi connectivity index (χ0n) is 23.8. The molecule has 0 aromatic rings. The van der Waals surface area contributed by atoms with Gasteiger partial charge in [0.1, 0.15) is 0 Å². The van der Waals surface area contributed by atoms with Crippen molar-refractivity contribution in [2.24, 2.45) is 16.7 Å². The van der Waals surface area contributed by atoms with Crippen molar-refractivity contribution in [1.82, 2.24) is 0 Å². The predicted octanol–water partition coefficient (Wildman–Crippen LogP) is 10.1. The number of rotatable bonds is 21. The Kier molecular flexibility index (Phi) is 17.1. The molecule has 1 aliphatic rings. The molecule has 0 saturated carbocycles. The van der Waals surface area contributed by atoms with E-state index < -0.39 is 0 Å². The summed E-state index contributed by atoms with van der Waals surface area (Å²) >= 11 is 0. The normalized spacial score (nSPS) is 17.7. The first-order chi connectivity index (χ1) is 16.1. The molecule has 33 heavy (non-hydrogen) atoms. The van der Waals surface area contributed by atoms with Gasteiger partial charge in [-0.05, 0) is 55.3 Å². The molecule has 0 amide bonds. The summed E-state index contributed by atoms with van der Waals surface area (Å²) < 4.78 is 12.9. The van der Waals surface area contributed by atoms with Crippen LogP contribution in [-0.4, -0.2) is 25.9 Å². The molecule has 1 fully saturated rings. The van der Waals surface area contributed by atoms with E-state index in [1.807, 2.05) is 0 Å². The van der Waals surface area contributed by atoms with Crippen molar-refractivity contribution < 1.29 is 9.47 Å². The molecule has 1 atom stereocenters. The van der Waals surface area contributed by atoms with E-state index in [-0.39, 0.29) is 6.10 Å². The molecule has 0 N–H and O–H groups in total. The van der Waals surface area contributed by atoms with Gasteiger partial charge in [0, 0.05) is 0 Å². The molecular formula is C31H62O2. The van der Waals surface area contributed by atoms with E-state index in [2.05, 4.69) is 41.5 Å². The Morgan fingerprint density at radius 3 is 1.12 bits per heavy atom. The minimum absolute atomic E-state index is 0.287. The van der Waals surface area contributed by atoms with Crippen LogP contribution in [0.5, 0.6) is 0 Å². The van der Waals surface area contributed by atoms with Crippen LogP contribution >= 0.6 is 0 Å². The van der Waals surface area contributed by atoms with Crippen molar-refractivity contribution in [2.75, 3.05) is 19.8 Å². The van der Waals surface area contributed by atoms with Crippen molar-refractivity contribution in [3.05, 3.63) is 0 Å². The van der Waals surface area contributed by atoms with Crippen molar-refractivity contribution in [2.45, 2.75) is 163 Å². The minimum atomic E-state index is 0.287. The van der Waals surface area contributed by atoms with E-state index >= 15 is 0 Å². The summed E-state index contributed by atoms with van der Waals surface area (Å²) in [5.74, 6) is 0.639. The first kappa shape index (κ1) is 31.0. The first-order valence-electron chi connectivity index (χ1n) is 15.3. The SMILES string of the molecule is CCCCC(CCCC)(CCCC)C(C1COCCO1)C(CCCC)(CCCC)CCCC. The van der Waals surface area contributed by atoms with Crippen LogP contribution in [0, 0.1) is 16.7 Å². The average molecular weight is 467 g/mol. The number of hydrogen-bond acceptors (Lipinski definition) is 2. The predicted molar refractivity (Wildman–Crippen MR) is 146 cm³/mol. The molecule has 1 unspecified atom stereocenters. The van der Waals surface area contributed by atoms with Gasteiger partial charge in [0.05, 0.1) is 25.9 Å². The molecule has 1 heterocycles. The molecule has 0 aromatic heterocycles. The molecule has 0 aromatic carbocycles. The van der Waals surface area contributed by atoms with E-state index in [9.17, 15) is 0 Å². The number of ether oxygens (including phenoxy) is 2. The fourth-order valence-corrected chi connectivity index (χ4v) is 6.99. The Morgan fingerprint density at radius 1 is 0.545 bits per heavy atom. The van der Waals surface area contributed by atoms with Crippen LogP contribution in [0.15, 0.2) is 0 Å². The molecule has 1 rings (SSSR count). The fraction of sp³-hybridized carbons (Fsp3) is 1.00. The molecular weight excluding hydrogens is 404 g/mol. The lowest BCUT2D eigenvalue weighted by Crippen LogP contribution is -2.53. The van der Waals surface area contributed by atoms with Gasteiger partial charge in [0.2, 0.25) is 0 Å². The summed E-state index contributed by atoms with van der Waals surface area (Å²) in [6.07, 6.45) is 24.6. The van der Waals surface area contributed by atoms with Crippen LogP contribution in [0.1, 0.15) is 157 Å². The quantitative estimate of drug-likeness (QED) is 0.167. The molecule has 0 bridgehead atoms. The van der Waals surface area contributed by atoms with Gasteiger partial charge in [-0.25, -0.2) is 0 Å². The number of unbranched alkanes of at least 4 members (excludes halogenated alkanes) is 6. The van der Waals surface area contributed by atoms with Gasteiger partial charge < -0.3 is 9.47 Å². The second kappa shape index (κ2) is 18.2. The highest BCUT2D eigenvalue weighted by atomic mass is 16.6. The molecule has 0 aliphatic carbocycles. The van der Waals surface area contributed by atoms with E-state index in [1.54, 1.807) is 0 Å². The van der Waals surface area contributed by atoms with Crippen molar-refractivity contribution in [1.29, 1.82) is 0 Å². The lowest BCUT2D eigenvalue weighted by Gasteiger charge is -2.56. The molecule has 1 saturated heterocycles. The number of hydrogen-bond donors (Lipinski definition) is 0. The van der Waals surface area contributed by atoms with Crippen LogP contribution < -0.4 is 0 Å². The Bertz CT molecular complexity index is 365. The third-order valence-corrected chi connectivity index (χ3v) is 8.70. The summed E-state index contributed by atoms with van der Waals surface area (Å²) in [7, 11) is 0. The van der Waals surface area contributed by atoms with Crippen molar-refractivity contribution in [3.63, 3.8) is 0 Å². The van der Waals surface area contributed by atoms with E-state index in [0.29, 0.717) is 16.7 Å². The molecule has 0 spiro atoms. The van der Waals surface area contributed by atoms with Crippen LogP contribution in [0.4, 0.5) is 0 Å². The molecule has 198 valence electrons. The molecule has 1 aliphatic heterocycles. The minimum Gasteiger partial charge on any atom is -0.376 e. The standard InChI is InChI=1S/C31H62O2/c1-7-13-19-30(20-14-8-2,21-15-9-3)29(28-27-32-25-26-33-28)31(22-16-10-4,23-17-11-5)24-18-12-6/h28-29H,7-27H2,1-6H3. The third-order valence-electron chi connectivity index (χ3n) is 8.70. The highest BCUT2D eigenvalue weighted by molar-refractivity contribution is 5.02. The Balaban J connectivity index is 3.65. The zero-order chi connectivity index (χ0) is 24.4. The molecule has 2 heteroatoms. The fourth-order valence-electron chi connectivity index (χ4n) is 6.99. The maximum Gasteiger partial charge on any atom is 0.0848 e. The maximum absolute atomic E-state index is 6.71. The topological polar surface area (TPSA) is 18.5 Å². The van der Waals surface area contributed by atoms with Crippen LogP contribution in [0.3, 0.4) is 0 Å². The largest absolute Gasteiger partial charge is 0.376 e. The van der Waals surface area contributed by atoms with E-state index in [1.165, 1.54) is 116 Å². The smallest absolute Gasteiger partial charge is 0.0848 e. The highest BCUT2D eigenvalue weighted by Crippen LogP contribution is 2.58. The second-order valence-corrected chi connectivity index (χ2v) is 11.3. The average Bonchev–Trinajstić information content (AvgIpc) is 2.86. The van der Waals surface area contributed by atoms with Crippen LogP contribution in [0.25, 0.3) is 0 Å². The lowest BCUT2D eigenvalue weighted by atomic mass is 9.51. The van der Waals surface area contributed by atoms with Crippen molar-refractivity contribution in [3.8, 4) is 0 Å². The third kappa shape index (κ3) is 9.83. The van der Waals surface area contributed by atoms with Crippen molar-refractivity contribution >= 4 is 0 Å². The Labute approximate surface area is 209 Å². The van der Waals surface area contributed by atoms with Gasteiger partial charge in [-0.15, -0.1) is 0 Å². The Hall–Kier alpha value is -0.0800. The Morgan fingerprint density at radius 2 is 0.879 bits per heavy atom. The van der Waals surface area contributed by atoms with E-state index in [4.69, 9.17) is 9.47 Å². The lowest BCUT2D eigenvalue weighted by molar-refractivity contribution is -0.178. The highest BCUT2D eigenvalue weighted by Gasteiger charge is 2.52. The summed E-state index contributed by atoms with van der Waals surface area (Å²) in [4.78, 5) is 0. The molecule has 2 nitrogen and oxygen atoms in total. The van der Waals surface area contributed by atoms with Gasteiger partial charge in [0.15, 0.2) is 0 Å². The van der Waals surface area contributed by atoms with Gasteiger partial charge in [-0.1, -0.05) is 119 Å². The monoisotopic (exact) mass is 466 g/mol. The summed E-state index contributed by atoms with van der Waals surface area (Å²) in [5, 5.41) is 0. The maximum atomic E-state index is 6.71. The summed E-state index contributed by atoms with van der Waals surface area (Å²) in [6.45, 7) is 16.7. The first-order valence-corrected chi connectivity index (χ1v) is 15.3. The van der Waals surface area contributed by atoms with E-state index in [0.717, 1.165) is 19.8 Å². The van der Waals surface area contributed by atoms with Gasteiger partial charge in [-0.3, -0.25) is 0 Å². The van der Waals surface area contributed by atoms with Crippen LogP contribution in [0.2, 0.25) is 0 Å². The summed E-state index contributed by atoms with van der Waals surface area (Å²) in [6, 6.07) is 0. The van der Waals surface area contributed by atoms with Gasteiger partial charge >= 0.3 is 0 Å². The van der Waals surface area contributed by atoms with Gasteiger partial charge in [0.25, 0.3) is 0 Å². The summed E-state index contributed by atoms with van der Waals surface area (Å²) in [5.41, 5.74) is 0.811. The molecule has 0 radical (unpaired) electrons.